The minimum Gasteiger partial charge on any atom is -0.479 e. The second-order valence-corrected chi connectivity index (χ2v) is 5.32. The van der Waals surface area contributed by atoms with Gasteiger partial charge in [-0.1, -0.05) is 0 Å². The number of aliphatic hydroxyl groups is 1. The van der Waals surface area contributed by atoms with Crippen LogP contribution in [0.25, 0.3) is 0 Å². The third-order valence-corrected chi connectivity index (χ3v) is 3.18. The van der Waals surface area contributed by atoms with E-state index in [-0.39, 0.29) is 24.6 Å². The van der Waals surface area contributed by atoms with Crippen molar-refractivity contribution in [2.45, 2.75) is 37.9 Å². The summed E-state index contributed by atoms with van der Waals surface area (Å²) in [6.07, 6.45) is -0.180. The molecule has 0 aliphatic carbocycles. The summed E-state index contributed by atoms with van der Waals surface area (Å²) < 4.78 is 5.25. The van der Waals surface area contributed by atoms with Crippen LogP contribution in [0.3, 0.4) is 0 Å². The summed E-state index contributed by atoms with van der Waals surface area (Å²) in [4.78, 5) is 45.2. The molecule has 0 aliphatic rings. The molecule has 26 heavy (non-hydrogen) atoms. The Kier molecular flexibility index (Phi) is 7.61. The third kappa shape index (κ3) is 6.10. The van der Waals surface area contributed by atoms with Crippen LogP contribution in [0.15, 0.2) is 4.42 Å². The molecule has 3 atom stereocenters. The lowest BCUT2D eigenvalue weighted by molar-refractivity contribution is -0.142. The van der Waals surface area contributed by atoms with E-state index in [0.29, 0.717) is 0 Å². The number of nitrogens with zero attached hydrogens (tertiary/aromatic N) is 2. The maximum atomic E-state index is 12.0. The number of carbonyl (C=O) groups is 4. The molecule has 0 saturated heterocycles. The molecule has 13 heteroatoms. The minimum atomic E-state index is -1.74. The zero-order valence-corrected chi connectivity index (χ0v) is 13.8. The summed E-state index contributed by atoms with van der Waals surface area (Å²) in [5.74, 6) is -3.20. The van der Waals surface area contributed by atoms with E-state index in [9.17, 15) is 19.2 Å². The highest BCUT2D eigenvalue weighted by Gasteiger charge is 2.28. The molecule has 1 rings (SSSR count). The average Bonchev–Trinajstić information content (AvgIpc) is 3.04. The van der Waals surface area contributed by atoms with Crippen molar-refractivity contribution in [1.29, 1.82) is 0 Å². The number of primary amides is 1. The molecule has 0 saturated carbocycles. The summed E-state index contributed by atoms with van der Waals surface area (Å²) in [6.45, 7) is 0.546. The van der Waals surface area contributed by atoms with Crippen molar-refractivity contribution in [2.24, 2.45) is 11.5 Å². The summed E-state index contributed by atoms with van der Waals surface area (Å²) in [5, 5.41) is 29.5. The van der Waals surface area contributed by atoms with Gasteiger partial charge in [0.15, 0.2) is 11.8 Å². The quantitative estimate of drug-likeness (QED) is 0.241. The lowest BCUT2D eigenvalue weighted by atomic mass is 10.1. The van der Waals surface area contributed by atoms with Gasteiger partial charge in [0.1, 0.15) is 12.1 Å². The second kappa shape index (κ2) is 9.43. The number of carboxylic acid groups (broad SMARTS) is 1. The van der Waals surface area contributed by atoms with Gasteiger partial charge in [0.05, 0.1) is 6.61 Å². The number of nitrogens with two attached hydrogens (primary N) is 2. The van der Waals surface area contributed by atoms with E-state index >= 15 is 0 Å². The SMILES string of the molecule is CC(=O)[C@H](NC(=O)N[C@@H](CCC(N)=O)c1nnc([C@@H](N)CO)o1)C(=O)O. The highest BCUT2D eigenvalue weighted by Crippen LogP contribution is 2.19. The maximum absolute atomic E-state index is 12.0. The summed E-state index contributed by atoms with van der Waals surface area (Å²) >= 11 is 0. The number of rotatable bonds is 10. The molecule has 13 nitrogen and oxygen atoms in total. The Balaban J connectivity index is 2.90. The molecule has 0 aromatic carbocycles. The molecule has 8 N–H and O–H groups in total. The van der Waals surface area contributed by atoms with Crippen LogP contribution >= 0.6 is 0 Å². The Morgan fingerprint density at radius 3 is 2.31 bits per heavy atom. The molecule has 0 spiro atoms. The Morgan fingerprint density at radius 1 is 1.19 bits per heavy atom. The van der Waals surface area contributed by atoms with E-state index in [0.717, 1.165) is 6.92 Å². The molecule has 3 amide bonds. The van der Waals surface area contributed by atoms with Crippen molar-refractivity contribution < 1.29 is 33.8 Å². The van der Waals surface area contributed by atoms with E-state index < -0.39 is 48.4 Å². The molecule has 1 aromatic rings. The van der Waals surface area contributed by atoms with Crippen molar-refractivity contribution in [3.8, 4) is 0 Å². The molecular formula is C13H20N6O7. The average molecular weight is 372 g/mol. The maximum Gasteiger partial charge on any atom is 0.334 e. The Morgan fingerprint density at radius 2 is 1.81 bits per heavy atom. The number of aliphatic carboxylic acids is 1. The van der Waals surface area contributed by atoms with Crippen LogP contribution in [-0.2, 0) is 14.4 Å². The lowest BCUT2D eigenvalue weighted by Crippen LogP contribution is -2.50. The number of carbonyl (C=O) groups excluding carboxylic acids is 3. The molecule has 0 aliphatic heterocycles. The van der Waals surface area contributed by atoms with Crippen molar-refractivity contribution in [2.75, 3.05) is 6.61 Å². The number of aliphatic hydroxyl groups excluding tert-OH is 1. The molecule has 144 valence electrons. The second-order valence-electron chi connectivity index (χ2n) is 5.32. The third-order valence-electron chi connectivity index (χ3n) is 3.18. The highest BCUT2D eigenvalue weighted by molar-refractivity contribution is 6.03. The number of Topliss-reactive ketones (excluding diaryl/α,β-unsaturated/α-hetero) is 1. The predicted octanol–water partition coefficient (Wildman–Crippen LogP) is -2.29. The smallest absolute Gasteiger partial charge is 0.334 e. The van der Waals surface area contributed by atoms with Crippen LogP contribution in [0, 0.1) is 0 Å². The first-order chi connectivity index (χ1) is 12.1. The van der Waals surface area contributed by atoms with E-state index in [1.807, 2.05) is 5.32 Å². The zero-order valence-electron chi connectivity index (χ0n) is 13.8. The first-order valence-electron chi connectivity index (χ1n) is 7.44. The van der Waals surface area contributed by atoms with Crippen LogP contribution < -0.4 is 22.1 Å². The number of urea groups is 1. The number of nitrogens with one attached hydrogen (secondary N) is 2. The Labute approximate surface area is 147 Å². The van der Waals surface area contributed by atoms with Crippen molar-refractivity contribution in [3.63, 3.8) is 0 Å². The van der Waals surface area contributed by atoms with Crippen LogP contribution in [0.5, 0.6) is 0 Å². The van der Waals surface area contributed by atoms with Crippen molar-refractivity contribution >= 4 is 23.7 Å². The monoisotopic (exact) mass is 372 g/mol. The fourth-order valence-corrected chi connectivity index (χ4v) is 1.83. The van der Waals surface area contributed by atoms with Crippen LogP contribution in [0.1, 0.15) is 43.6 Å². The normalized spacial score (nSPS) is 14.1. The first-order valence-corrected chi connectivity index (χ1v) is 7.44. The minimum absolute atomic E-state index is 0.0312. The van der Waals surface area contributed by atoms with E-state index in [4.69, 9.17) is 26.1 Å². The van der Waals surface area contributed by atoms with Crippen molar-refractivity contribution in [1.82, 2.24) is 20.8 Å². The van der Waals surface area contributed by atoms with Crippen LogP contribution in [-0.4, -0.2) is 56.7 Å². The van der Waals surface area contributed by atoms with Gasteiger partial charge in [0.2, 0.25) is 17.7 Å². The number of amides is 3. The number of aromatic nitrogens is 2. The van der Waals surface area contributed by atoms with Gasteiger partial charge in [-0.25, -0.2) is 9.59 Å². The van der Waals surface area contributed by atoms with E-state index in [2.05, 4.69) is 15.5 Å². The van der Waals surface area contributed by atoms with Gasteiger partial charge in [-0.3, -0.25) is 9.59 Å². The zero-order chi connectivity index (χ0) is 19.9. The fraction of sp³-hybridized carbons (Fsp3) is 0.538. The van der Waals surface area contributed by atoms with Crippen LogP contribution in [0.4, 0.5) is 4.79 Å². The largest absolute Gasteiger partial charge is 0.479 e. The molecule has 0 unspecified atom stereocenters. The van der Waals surface area contributed by atoms with Gasteiger partial charge in [-0.15, -0.1) is 10.2 Å². The topological polar surface area (TPSA) is 224 Å². The van der Waals surface area contributed by atoms with Crippen molar-refractivity contribution in [3.05, 3.63) is 11.8 Å². The number of hydrogen-bond donors (Lipinski definition) is 6. The van der Waals surface area contributed by atoms with Gasteiger partial charge in [-0.05, 0) is 13.3 Å². The molecule has 0 fully saturated rings. The summed E-state index contributed by atoms with van der Waals surface area (Å²) in [5.41, 5.74) is 10.6. The van der Waals surface area contributed by atoms with Gasteiger partial charge in [0, 0.05) is 6.42 Å². The van der Waals surface area contributed by atoms with Gasteiger partial charge >= 0.3 is 12.0 Å². The van der Waals surface area contributed by atoms with Gasteiger partial charge < -0.3 is 36.7 Å². The summed E-state index contributed by atoms with van der Waals surface area (Å²) in [6, 6.07) is -4.69. The molecule has 1 aromatic heterocycles. The molecule has 0 bridgehead atoms. The predicted molar refractivity (Wildman–Crippen MR) is 83.3 cm³/mol. The number of ketones is 1. The summed E-state index contributed by atoms with van der Waals surface area (Å²) in [7, 11) is 0. The first kappa shape index (κ1) is 21.0. The Bertz CT molecular complexity index is 662. The Hall–Kier alpha value is -3.06. The molecule has 0 radical (unpaired) electrons. The highest BCUT2D eigenvalue weighted by atomic mass is 16.4. The molecule has 1 heterocycles. The molecular weight excluding hydrogens is 352 g/mol. The van der Waals surface area contributed by atoms with E-state index in [1.165, 1.54) is 0 Å². The van der Waals surface area contributed by atoms with Crippen LogP contribution in [0.2, 0.25) is 0 Å². The van der Waals surface area contributed by atoms with E-state index in [1.54, 1.807) is 0 Å². The van der Waals surface area contributed by atoms with Gasteiger partial charge in [-0.2, -0.15) is 0 Å². The lowest BCUT2D eigenvalue weighted by Gasteiger charge is -2.17. The number of hydrogen-bond acceptors (Lipinski definition) is 9. The fourth-order valence-electron chi connectivity index (χ4n) is 1.83. The standard InChI is InChI=1S/C13H20N6O7/c1-5(21)9(12(23)24)17-13(25)16-7(2-3-8(15)22)11-19-18-10(26-11)6(14)4-20/h6-7,9,20H,2-4,14H2,1H3,(H2,15,22)(H,23,24)(H2,16,17,25)/t6-,7-,9-/m0/s1. The van der Waals surface area contributed by atoms with Gasteiger partial charge in [0.25, 0.3) is 0 Å². The number of carboxylic acids is 1.